The Labute approximate surface area is 136 Å². The number of methoxy groups -OCH3 is 1. The van der Waals surface area contributed by atoms with Crippen molar-refractivity contribution in [3.8, 4) is 11.5 Å². The standard InChI is InChI=1S/C20H19NO2/c1-20(17-11-13-21-14-12-17,15-3-7-18(22)8-4-15)16-5-9-19(23-2)10-6-16/h3-14,22H,1-2H3/t20-/m1/s1. The van der Waals surface area contributed by atoms with E-state index in [0.29, 0.717) is 0 Å². The molecule has 3 nitrogen and oxygen atoms in total. The minimum absolute atomic E-state index is 0.264. The first-order valence-corrected chi connectivity index (χ1v) is 7.49. The van der Waals surface area contributed by atoms with Gasteiger partial charge < -0.3 is 9.84 Å². The lowest BCUT2D eigenvalue weighted by molar-refractivity contribution is 0.414. The highest BCUT2D eigenvalue weighted by Gasteiger charge is 2.31. The molecule has 1 N–H and O–H groups in total. The highest BCUT2D eigenvalue weighted by molar-refractivity contribution is 5.50. The fourth-order valence-electron chi connectivity index (χ4n) is 2.90. The molecule has 0 bridgehead atoms. The van der Waals surface area contributed by atoms with E-state index < -0.39 is 0 Å². The van der Waals surface area contributed by atoms with Crippen LogP contribution in [-0.4, -0.2) is 17.2 Å². The Morgan fingerprint density at radius 3 is 1.78 bits per heavy atom. The summed E-state index contributed by atoms with van der Waals surface area (Å²) in [6.07, 6.45) is 3.61. The molecular weight excluding hydrogens is 286 g/mol. The van der Waals surface area contributed by atoms with Gasteiger partial charge >= 0.3 is 0 Å². The van der Waals surface area contributed by atoms with Gasteiger partial charge in [-0.3, -0.25) is 4.98 Å². The largest absolute Gasteiger partial charge is 0.508 e. The monoisotopic (exact) mass is 305 g/mol. The molecule has 1 atom stereocenters. The van der Waals surface area contributed by atoms with Gasteiger partial charge in [0.1, 0.15) is 11.5 Å². The van der Waals surface area contributed by atoms with Crippen molar-refractivity contribution in [3.63, 3.8) is 0 Å². The molecule has 0 fully saturated rings. The number of aromatic hydroxyl groups is 1. The van der Waals surface area contributed by atoms with Crippen LogP contribution in [0.5, 0.6) is 11.5 Å². The molecule has 0 saturated heterocycles. The molecule has 0 aliphatic heterocycles. The SMILES string of the molecule is COc1ccc([C@](C)(c2ccncc2)c2ccc(O)cc2)cc1. The number of rotatable bonds is 4. The van der Waals surface area contributed by atoms with Crippen LogP contribution in [-0.2, 0) is 5.41 Å². The van der Waals surface area contributed by atoms with Crippen LogP contribution in [0.15, 0.2) is 73.1 Å². The summed E-state index contributed by atoms with van der Waals surface area (Å²) in [5, 5.41) is 9.61. The number of phenols is 1. The Bertz CT molecular complexity index is 767. The fourth-order valence-corrected chi connectivity index (χ4v) is 2.90. The molecule has 116 valence electrons. The molecule has 0 aliphatic rings. The first-order chi connectivity index (χ1) is 11.1. The van der Waals surface area contributed by atoms with E-state index in [1.54, 1.807) is 31.6 Å². The van der Waals surface area contributed by atoms with Crippen molar-refractivity contribution in [1.29, 1.82) is 0 Å². The van der Waals surface area contributed by atoms with Crippen molar-refractivity contribution >= 4 is 0 Å². The average molecular weight is 305 g/mol. The summed E-state index contributed by atoms with van der Waals surface area (Å²) in [6, 6.07) is 19.5. The number of benzene rings is 2. The molecule has 2 aromatic carbocycles. The maximum Gasteiger partial charge on any atom is 0.118 e. The second-order valence-corrected chi connectivity index (χ2v) is 5.64. The van der Waals surface area contributed by atoms with Gasteiger partial charge in [-0.25, -0.2) is 0 Å². The van der Waals surface area contributed by atoms with Gasteiger partial charge in [0.15, 0.2) is 0 Å². The minimum Gasteiger partial charge on any atom is -0.508 e. The Kier molecular flexibility index (Phi) is 4.02. The zero-order chi connectivity index (χ0) is 16.3. The molecule has 23 heavy (non-hydrogen) atoms. The first kappa shape index (κ1) is 15.1. The number of aromatic nitrogens is 1. The molecular formula is C20H19NO2. The number of phenolic OH excluding ortho intramolecular Hbond substituents is 1. The highest BCUT2D eigenvalue weighted by atomic mass is 16.5. The summed E-state index contributed by atoms with van der Waals surface area (Å²) in [5.74, 6) is 1.09. The second-order valence-electron chi connectivity index (χ2n) is 5.64. The lowest BCUT2D eigenvalue weighted by atomic mass is 9.71. The first-order valence-electron chi connectivity index (χ1n) is 7.49. The third-order valence-electron chi connectivity index (χ3n) is 4.37. The summed E-state index contributed by atoms with van der Waals surface area (Å²) >= 11 is 0. The van der Waals surface area contributed by atoms with E-state index in [1.807, 2.05) is 36.4 Å². The van der Waals surface area contributed by atoms with Crippen molar-refractivity contribution in [2.24, 2.45) is 0 Å². The molecule has 3 aromatic rings. The number of pyridine rings is 1. The topological polar surface area (TPSA) is 42.4 Å². The average Bonchev–Trinajstić information content (AvgIpc) is 2.62. The van der Waals surface area contributed by atoms with Gasteiger partial charge in [0.2, 0.25) is 0 Å². The van der Waals surface area contributed by atoms with Gasteiger partial charge in [-0.15, -0.1) is 0 Å². The van der Waals surface area contributed by atoms with E-state index in [9.17, 15) is 5.11 Å². The quantitative estimate of drug-likeness (QED) is 0.787. The Morgan fingerprint density at radius 1 is 0.783 bits per heavy atom. The maximum absolute atomic E-state index is 9.61. The smallest absolute Gasteiger partial charge is 0.118 e. The molecule has 3 rings (SSSR count). The third kappa shape index (κ3) is 2.78. The lowest BCUT2D eigenvalue weighted by Gasteiger charge is -2.32. The van der Waals surface area contributed by atoms with Crippen LogP contribution in [0.3, 0.4) is 0 Å². The van der Waals surface area contributed by atoms with Crippen LogP contribution in [0.25, 0.3) is 0 Å². The van der Waals surface area contributed by atoms with Crippen molar-refractivity contribution in [2.75, 3.05) is 7.11 Å². The van der Waals surface area contributed by atoms with Gasteiger partial charge in [0.25, 0.3) is 0 Å². The third-order valence-corrected chi connectivity index (χ3v) is 4.37. The van der Waals surface area contributed by atoms with Crippen LogP contribution in [0.2, 0.25) is 0 Å². The lowest BCUT2D eigenvalue weighted by Crippen LogP contribution is -2.25. The van der Waals surface area contributed by atoms with Gasteiger partial charge in [-0.05, 0) is 60.0 Å². The normalized spacial score (nSPS) is 13.3. The van der Waals surface area contributed by atoms with Crippen molar-refractivity contribution in [2.45, 2.75) is 12.3 Å². The molecule has 0 amide bonds. The molecule has 3 heteroatoms. The summed E-state index contributed by atoms with van der Waals surface area (Å²) in [6.45, 7) is 2.18. The Morgan fingerprint density at radius 2 is 1.26 bits per heavy atom. The summed E-state index contributed by atoms with van der Waals surface area (Å²) in [7, 11) is 1.66. The minimum atomic E-state index is -0.344. The van der Waals surface area contributed by atoms with Gasteiger partial charge in [0.05, 0.1) is 7.11 Å². The van der Waals surface area contributed by atoms with Crippen molar-refractivity contribution < 1.29 is 9.84 Å². The molecule has 0 aliphatic carbocycles. The van der Waals surface area contributed by atoms with E-state index in [4.69, 9.17) is 4.74 Å². The van der Waals surface area contributed by atoms with Gasteiger partial charge in [-0.1, -0.05) is 24.3 Å². The maximum atomic E-state index is 9.61. The summed E-state index contributed by atoms with van der Waals surface area (Å²) in [4.78, 5) is 4.13. The molecule has 1 heterocycles. The Hall–Kier alpha value is -2.81. The van der Waals surface area contributed by atoms with Crippen LogP contribution >= 0.6 is 0 Å². The predicted molar refractivity (Wildman–Crippen MR) is 90.9 cm³/mol. The van der Waals surface area contributed by atoms with E-state index in [1.165, 1.54) is 0 Å². The molecule has 0 radical (unpaired) electrons. The van der Waals surface area contributed by atoms with Crippen LogP contribution in [0.4, 0.5) is 0 Å². The molecule has 0 saturated carbocycles. The fraction of sp³-hybridized carbons (Fsp3) is 0.150. The molecule has 0 unspecified atom stereocenters. The second kappa shape index (κ2) is 6.13. The van der Waals surface area contributed by atoms with Crippen LogP contribution in [0.1, 0.15) is 23.6 Å². The van der Waals surface area contributed by atoms with Gasteiger partial charge in [-0.2, -0.15) is 0 Å². The number of nitrogens with zero attached hydrogens (tertiary/aromatic N) is 1. The number of ether oxygens (including phenoxy) is 1. The zero-order valence-corrected chi connectivity index (χ0v) is 13.2. The molecule has 0 spiro atoms. The van der Waals surface area contributed by atoms with E-state index >= 15 is 0 Å². The Balaban J connectivity index is 2.18. The predicted octanol–water partition coefficient (Wildman–Crippen LogP) is 4.15. The summed E-state index contributed by atoms with van der Waals surface area (Å²) in [5.41, 5.74) is 3.05. The van der Waals surface area contributed by atoms with Crippen LogP contribution in [0, 0.1) is 0 Å². The van der Waals surface area contributed by atoms with E-state index in [-0.39, 0.29) is 11.2 Å². The highest BCUT2D eigenvalue weighted by Crippen LogP contribution is 2.39. The number of hydrogen-bond acceptors (Lipinski definition) is 3. The van der Waals surface area contributed by atoms with Crippen molar-refractivity contribution in [3.05, 3.63) is 89.7 Å². The van der Waals surface area contributed by atoms with Crippen molar-refractivity contribution in [1.82, 2.24) is 4.98 Å². The zero-order valence-electron chi connectivity index (χ0n) is 13.2. The van der Waals surface area contributed by atoms with Gasteiger partial charge in [0, 0.05) is 17.8 Å². The van der Waals surface area contributed by atoms with E-state index in [0.717, 1.165) is 22.4 Å². The van der Waals surface area contributed by atoms with Crippen LogP contribution < -0.4 is 4.74 Å². The summed E-state index contributed by atoms with van der Waals surface area (Å²) < 4.78 is 5.27. The number of hydrogen-bond donors (Lipinski definition) is 1. The molecule has 1 aromatic heterocycles. The van der Waals surface area contributed by atoms with E-state index in [2.05, 4.69) is 24.0 Å².